The molecule has 0 amide bonds. The second-order valence-corrected chi connectivity index (χ2v) is 4.91. The van der Waals surface area contributed by atoms with E-state index in [-0.39, 0.29) is 10.6 Å². The van der Waals surface area contributed by atoms with Crippen molar-refractivity contribution in [2.24, 2.45) is 0 Å². The number of carboxylic acids is 1. The van der Waals surface area contributed by atoms with Gasteiger partial charge in [-0.1, -0.05) is 18.2 Å². The molecule has 1 aromatic carbocycles. The second-order valence-electron chi connectivity index (χ2n) is 3.95. The van der Waals surface area contributed by atoms with E-state index in [2.05, 4.69) is 20.5 Å². The van der Waals surface area contributed by atoms with Crippen LogP contribution in [0.15, 0.2) is 58.8 Å². The molecule has 7 nitrogen and oxygen atoms in total. The molecule has 0 aliphatic rings. The zero-order valence-corrected chi connectivity index (χ0v) is 11.4. The van der Waals surface area contributed by atoms with E-state index in [1.165, 1.54) is 23.0 Å². The average Bonchev–Trinajstić information content (AvgIpc) is 2.96. The maximum Gasteiger partial charge on any atom is 0.220 e. The summed E-state index contributed by atoms with van der Waals surface area (Å²) in [6.45, 7) is 0. The first-order valence-corrected chi connectivity index (χ1v) is 6.75. The third-order valence-corrected chi connectivity index (χ3v) is 3.58. The summed E-state index contributed by atoms with van der Waals surface area (Å²) in [7, 11) is 0. The van der Waals surface area contributed by atoms with Crippen LogP contribution in [0.2, 0.25) is 0 Å². The number of aromatic nitrogens is 5. The molecule has 0 spiro atoms. The SMILES string of the molecule is O=C([O-])c1cccnc1Sc1nnnn1-c1ccccc1. The van der Waals surface area contributed by atoms with Crippen molar-refractivity contribution in [1.29, 1.82) is 0 Å². The van der Waals surface area contributed by atoms with Crippen molar-refractivity contribution in [3.05, 3.63) is 54.2 Å². The van der Waals surface area contributed by atoms with E-state index >= 15 is 0 Å². The zero-order chi connectivity index (χ0) is 14.7. The summed E-state index contributed by atoms with van der Waals surface area (Å²) >= 11 is 1.07. The fourth-order valence-electron chi connectivity index (χ4n) is 1.69. The number of tetrazole rings is 1. The summed E-state index contributed by atoms with van der Waals surface area (Å²) < 4.78 is 1.51. The van der Waals surface area contributed by atoms with Gasteiger partial charge in [0, 0.05) is 11.8 Å². The van der Waals surface area contributed by atoms with E-state index in [0.717, 1.165) is 17.4 Å². The highest BCUT2D eigenvalue weighted by atomic mass is 32.2. The summed E-state index contributed by atoms with van der Waals surface area (Å²) in [6.07, 6.45) is 1.51. The van der Waals surface area contributed by atoms with Crippen LogP contribution in [-0.4, -0.2) is 31.2 Å². The van der Waals surface area contributed by atoms with E-state index in [0.29, 0.717) is 5.16 Å². The molecule has 8 heteroatoms. The van der Waals surface area contributed by atoms with E-state index in [9.17, 15) is 9.90 Å². The molecule has 0 saturated heterocycles. The van der Waals surface area contributed by atoms with Crippen molar-refractivity contribution >= 4 is 17.7 Å². The van der Waals surface area contributed by atoms with Gasteiger partial charge < -0.3 is 9.90 Å². The Labute approximate surface area is 123 Å². The zero-order valence-electron chi connectivity index (χ0n) is 10.6. The van der Waals surface area contributed by atoms with Crippen LogP contribution in [0.5, 0.6) is 0 Å². The second kappa shape index (κ2) is 5.71. The molecule has 0 bridgehead atoms. The Morgan fingerprint density at radius 3 is 2.71 bits per heavy atom. The Hall–Kier alpha value is -2.74. The third-order valence-electron chi connectivity index (χ3n) is 2.62. The molecule has 0 N–H and O–H groups in total. The van der Waals surface area contributed by atoms with E-state index in [1.54, 1.807) is 0 Å². The number of hydrogen-bond acceptors (Lipinski definition) is 7. The molecule has 0 saturated carbocycles. The molecule has 104 valence electrons. The number of para-hydroxylation sites is 1. The standard InChI is InChI=1S/C13H9N5O2S/c19-12(20)10-7-4-8-14-11(10)21-13-15-16-17-18(13)9-5-2-1-3-6-9/h1-8H,(H,19,20)/p-1. The fourth-order valence-corrected chi connectivity index (χ4v) is 2.54. The van der Waals surface area contributed by atoms with Gasteiger partial charge in [-0.3, -0.25) is 0 Å². The minimum atomic E-state index is -1.29. The van der Waals surface area contributed by atoms with Crippen LogP contribution < -0.4 is 5.11 Å². The maximum atomic E-state index is 11.1. The minimum absolute atomic E-state index is 0.00473. The molecule has 0 fully saturated rings. The number of hydrogen-bond donors (Lipinski definition) is 0. The molecule has 2 aromatic heterocycles. The Bertz CT molecular complexity index is 775. The normalized spacial score (nSPS) is 10.5. The summed E-state index contributed by atoms with van der Waals surface area (Å²) in [6, 6.07) is 12.3. The molecule has 2 heterocycles. The average molecular weight is 298 g/mol. The highest BCUT2D eigenvalue weighted by Gasteiger charge is 2.13. The highest BCUT2D eigenvalue weighted by Crippen LogP contribution is 2.27. The van der Waals surface area contributed by atoms with Crippen LogP contribution in [0.25, 0.3) is 5.69 Å². The molecule has 3 aromatic rings. The first-order valence-electron chi connectivity index (χ1n) is 5.94. The first-order chi connectivity index (χ1) is 10.3. The number of carbonyl (C=O) groups is 1. The van der Waals surface area contributed by atoms with Crippen molar-refractivity contribution in [2.45, 2.75) is 10.2 Å². The van der Waals surface area contributed by atoms with E-state index < -0.39 is 5.97 Å². The summed E-state index contributed by atoms with van der Waals surface area (Å²) in [5, 5.41) is 23.2. The highest BCUT2D eigenvalue weighted by molar-refractivity contribution is 7.99. The van der Waals surface area contributed by atoms with Crippen molar-refractivity contribution in [3.8, 4) is 5.69 Å². The molecular formula is C13H8N5O2S-. The van der Waals surface area contributed by atoms with E-state index in [4.69, 9.17) is 0 Å². The lowest BCUT2D eigenvalue weighted by Crippen LogP contribution is -2.23. The summed E-state index contributed by atoms with van der Waals surface area (Å²) in [4.78, 5) is 15.1. The molecule has 0 aliphatic heterocycles. The number of carbonyl (C=O) groups excluding carboxylic acids is 1. The van der Waals surface area contributed by atoms with Gasteiger partial charge in [-0.05, 0) is 46.5 Å². The van der Waals surface area contributed by atoms with Gasteiger partial charge in [0.05, 0.1) is 11.7 Å². The predicted molar refractivity (Wildman–Crippen MR) is 71.8 cm³/mol. The number of benzene rings is 1. The largest absolute Gasteiger partial charge is 0.545 e. The van der Waals surface area contributed by atoms with Gasteiger partial charge in [0.1, 0.15) is 5.03 Å². The Balaban J connectivity index is 1.98. The van der Waals surface area contributed by atoms with Crippen LogP contribution in [0.4, 0.5) is 0 Å². The van der Waals surface area contributed by atoms with Crippen molar-refractivity contribution < 1.29 is 9.90 Å². The quantitative estimate of drug-likeness (QED) is 0.694. The Morgan fingerprint density at radius 2 is 1.95 bits per heavy atom. The molecular weight excluding hydrogens is 290 g/mol. The van der Waals surface area contributed by atoms with Crippen LogP contribution in [0.1, 0.15) is 10.4 Å². The molecule has 0 aliphatic carbocycles. The number of nitrogens with zero attached hydrogens (tertiary/aromatic N) is 5. The minimum Gasteiger partial charge on any atom is -0.545 e. The molecule has 0 unspecified atom stereocenters. The van der Waals surface area contributed by atoms with Gasteiger partial charge in [-0.25, -0.2) is 4.98 Å². The summed E-state index contributed by atoms with van der Waals surface area (Å²) in [5.74, 6) is -1.29. The van der Waals surface area contributed by atoms with Gasteiger partial charge >= 0.3 is 0 Å². The Morgan fingerprint density at radius 1 is 1.14 bits per heavy atom. The van der Waals surface area contributed by atoms with Crippen molar-refractivity contribution in [2.75, 3.05) is 0 Å². The number of aromatic carboxylic acids is 1. The maximum absolute atomic E-state index is 11.1. The number of carboxylic acid groups (broad SMARTS) is 1. The summed E-state index contributed by atoms with van der Waals surface area (Å²) in [5.41, 5.74) is 0.779. The number of pyridine rings is 1. The molecule has 0 radical (unpaired) electrons. The van der Waals surface area contributed by atoms with Gasteiger partial charge in [-0.15, -0.1) is 5.10 Å². The predicted octanol–water partition coefficient (Wildman–Crippen LogP) is 0.572. The molecule has 0 atom stereocenters. The fraction of sp³-hybridized carbons (Fsp3) is 0. The third kappa shape index (κ3) is 2.75. The van der Waals surface area contributed by atoms with Gasteiger partial charge in [-0.2, -0.15) is 4.68 Å². The van der Waals surface area contributed by atoms with Gasteiger partial charge in [0.2, 0.25) is 5.16 Å². The van der Waals surface area contributed by atoms with Crippen molar-refractivity contribution in [1.82, 2.24) is 25.2 Å². The lowest BCUT2D eigenvalue weighted by molar-refractivity contribution is -0.255. The lowest BCUT2D eigenvalue weighted by atomic mass is 10.3. The lowest BCUT2D eigenvalue weighted by Gasteiger charge is -2.08. The molecule has 21 heavy (non-hydrogen) atoms. The van der Waals surface area contributed by atoms with Crippen LogP contribution in [-0.2, 0) is 0 Å². The monoisotopic (exact) mass is 298 g/mol. The molecule has 3 rings (SSSR count). The Kier molecular flexibility index (Phi) is 3.61. The smallest absolute Gasteiger partial charge is 0.220 e. The number of rotatable bonds is 4. The topological polar surface area (TPSA) is 96.6 Å². The van der Waals surface area contributed by atoms with Crippen molar-refractivity contribution in [3.63, 3.8) is 0 Å². The van der Waals surface area contributed by atoms with Crippen LogP contribution >= 0.6 is 11.8 Å². The van der Waals surface area contributed by atoms with Crippen LogP contribution in [0.3, 0.4) is 0 Å². The van der Waals surface area contributed by atoms with Crippen LogP contribution in [0, 0.1) is 0 Å². The van der Waals surface area contributed by atoms with Gasteiger partial charge in [0.15, 0.2) is 0 Å². The van der Waals surface area contributed by atoms with Gasteiger partial charge in [0.25, 0.3) is 0 Å². The van der Waals surface area contributed by atoms with E-state index in [1.807, 2.05) is 30.3 Å². The first kappa shape index (κ1) is 13.3.